The van der Waals surface area contributed by atoms with Crippen molar-refractivity contribution in [3.8, 4) is 17.2 Å². The van der Waals surface area contributed by atoms with Crippen molar-refractivity contribution in [3.63, 3.8) is 0 Å². The molecule has 0 fully saturated rings. The van der Waals surface area contributed by atoms with Gasteiger partial charge in [-0.25, -0.2) is 9.59 Å². The van der Waals surface area contributed by atoms with Crippen LogP contribution >= 0.6 is 0 Å². The monoisotopic (exact) mass is 479 g/mol. The van der Waals surface area contributed by atoms with Gasteiger partial charge in [-0.1, -0.05) is 12.1 Å². The van der Waals surface area contributed by atoms with E-state index >= 15 is 0 Å². The summed E-state index contributed by atoms with van der Waals surface area (Å²) in [6.45, 7) is 5.31. The fourth-order valence-corrected chi connectivity index (χ4v) is 3.26. The number of halogens is 3. The van der Waals surface area contributed by atoms with Gasteiger partial charge in [-0.3, -0.25) is 4.57 Å². The fraction of sp³-hybridized carbons (Fsp3) is 0.348. The Bertz CT molecular complexity index is 1220. The van der Waals surface area contributed by atoms with E-state index in [2.05, 4.69) is 9.84 Å². The molecular weight excluding hydrogens is 455 g/mol. The van der Waals surface area contributed by atoms with E-state index in [-0.39, 0.29) is 12.3 Å². The minimum Gasteiger partial charge on any atom is -0.484 e. The molecule has 0 atom stereocenters. The van der Waals surface area contributed by atoms with E-state index in [4.69, 9.17) is 4.74 Å². The first kappa shape index (κ1) is 24.9. The molecule has 182 valence electrons. The Morgan fingerprint density at radius 3 is 2.21 bits per heavy atom. The average molecular weight is 479 g/mol. The Kier molecular flexibility index (Phi) is 6.76. The Labute approximate surface area is 193 Å². The van der Waals surface area contributed by atoms with Crippen molar-refractivity contribution in [1.29, 1.82) is 0 Å². The number of carboxylic acids is 1. The normalized spacial score (nSPS) is 12.0. The third-order valence-electron chi connectivity index (χ3n) is 4.96. The zero-order chi connectivity index (χ0) is 25.3. The molecule has 0 aliphatic carbocycles. The molecular formula is C23H24F3N3O5. The van der Waals surface area contributed by atoms with Gasteiger partial charge in [0.25, 0.3) is 0 Å². The highest BCUT2D eigenvalue weighted by atomic mass is 19.4. The van der Waals surface area contributed by atoms with Crippen LogP contribution in [-0.2, 0) is 11.3 Å². The molecule has 1 N–H and O–H groups in total. The Morgan fingerprint density at radius 2 is 1.68 bits per heavy atom. The van der Waals surface area contributed by atoms with E-state index < -0.39 is 30.0 Å². The molecule has 0 radical (unpaired) electrons. The lowest BCUT2D eigenvalue weighted by Crippen LogP contribution is -2.38. The maximum absolute atomic E-state index is 12.8. The molecule has 0 saturated heterocycles. The molecule has 34 heavy (non-hydrogen) atoms. The van der Waals surface area contributed by atoms with Crippen LogP contribution in [0.3, 0.4) is 0 Å². The van der Waals surface area contributed by atoms with Crippen LogP contribution < -0.4 is 15.2 Å². The number of aliphatic carboxylic acids is 1. The van der Waals surface area contributed by atoms with Gasteiger partial charge < -0.3 is 14.6 Å². The maximum atomic E-state index is 12.8. The van der Waals surface area contributed by atoms with Crippen molar-refractivity contribution < 1.29 is 32.5 Å². The first-order valence-corrected chi connectivity index (χ1v) is 10.2. The number of carboxylic acid groups (broad SMARTS) is 1. The van der Waals surface area contributed by atoms with Gasteiger partial charge >= 0.3 is 17.8 Å². The summed E-state index contributed by atoms with van der Waals surface area (Å²) < 4.78 is 49.7. The number of carbonyl (C=O) groups is 1. The van der Waals surface area contributed by atoms with Crippen molar-refractivity contribution in [1.82, 2.24) is 14.3 Å². The predicted molar refractivity (Wildman–Crippen MR) is 117 cm³/mol. The Hall–Kier alpha value is -3.76. The molecule has 8 nitrogen and oxygen atoms in total. The minimum absolute atomic E-state index is 0.0212. The summed E-state index contributed by atoms with van der Waals surface area (Å²) >= 11 is 0. The predicted octanol–water partition coefficient (Wildman–Crippen LogP) is 3.88. The van der Waals surface area contributed by atoms with E-state index in [1.54, 1.807) is 26.0 Å². The van der Waals surface area contributed by atoms with Crippen LogP contribution in [0.4, 0.5) is 13.2 Å². The molecule has 0 aliphatic rings. The molecule has 2 aromatic carbocycles. The molecule has 0 spiro atoms. The second-order valence-corrected chi connectivity index (χ2v) is 8.33. The first-order valence-electron chi connectivity index (χ1n) is 10.2. The highest BCUT2D eigenvalue weighted by molar-refractivity contribution is 5.77. The maximum Gasteiger partial charge on any atom is 0.422 e. The van der Waals surface area contributed by atoms with Gasteiger partial charge in [0, 0.05) is 0 Å². The third kappa shape index (κ3) is 5.77. The molecule has 1 aromatic heterocycles. The number of aryl methyl sites for hydroxylation is 2. The van der Waals surface area contributed by atoms with Gasteiger partial charge in [-0.05, 0) is 68.7 Å². The second kappa shape index (κ2) is 9.24. The Morgan fingerprint density at radius 1 is 1.09 bits per heavy atom. The van der Waals surface area contributed by atoms with Crippen molar-refractivity contribution in [2.75, 3.05) is 6.61 Å². The molecule has 0 saturated carbocycles. The summed E-state index contributed by atoms with van der Waals surface area (Å²) in [4.78, 5) is 24.2. The number of ether oxygens (including phenoxy) is 2. The number of hydrogen-bond acceptors (Lipinski definition) is 5. The van der Waals surface area contributed by atoms with E-state index in [1.165, 1.54) is 49.0 Å². The van der Waals surface area contributed by atoms with E-state index in [1.807, 2.05) is 0 Å². The molecule has 0 bridgehead atoms. The summed E-state index contributed by atoms with van der Waals surface area (Å²) in [6, 6.07) is 9.14. The van der Waals surface area contributed by atoms with Gasteiger partial charge in [0.05, 0.1) is 12.2 Å². The summed E-state index contributed by atoms with van der Waals surface area (Å²) in [5.74, 6) is -0.603. The highest BCUT2D eigenvalue weighted by Crippen LogP contribution is 2.29. The quantitative estimate of drug-likeness (QED) is 0.527. The first-order chi connectivity index (χ1) is 15.8. The van der Waals surface area contributed by atoms with Crippen molar-refractivity contribution >= 4 is 5.97 Å². The lowest BCUT2D eigenvalue weighted by Gasteiger charge is -2.24. The van der Waals surface area contributed by atoms with E-state index in [9.17, 15) is 27.9 Å². The molecule has 1 heterocycles. The van der Waals surface area contributed by atoms with Crippen molar-refractivity contribution in [2.24, 2.45) is 0 Å². The van der Waals surface area contributed by atoms with Gasteiger partial charge in [-0.2, -0.15) is 23.0 Å². The second-order valence-electron chi connectivity index (χ2n) is 8.33. The van der Waals surface area contributed by atoms with Crippen LogP contribution in [0.1, 0.15) is 30.5 Å². The molecule has 0 amide bonds. The summed E-state index contributed by atoms with van der Waals surface area (Å²) in [7, 11) is 0. The smallest absolute Gasteiger partial charge is 0.422 e. The SMILES string of the molecule is Cc1cc(Cn2cnn(-c3ccc(OCC(F)(F)F)cc3)c2=O)cc(C)c1OC(C)(C)C(=O)O. The van der Waals surface area contributed by atoms with Crippen LogP contribution in [0.15, 0.2) is 47.5 Å². The molecule has 11 heteroatoms. The average Bonchev–Trinajstić information content (AvgIpc) is 3.09. The standard InChI is InChI=1S/C23H24F3N3O5/c1-14-9-16(10-15(2)19(14)34-22(3,4)20(30)31)11-28-13-27-29(21(28)32)17-5-7-18(8-6-17)33-12-23(24,25)26/h5-10,13H,11-12H2,1-4H3,(H,30,31). The van der Waals surface area contributed by atoms with Gasteiger partial charge in [0.1, 0.15) is 17.8 Å². The minimum atomic E-state index is -4.44. The topological polar surface area (TPSA) is 95.6 Å². The van der Waals surface area contributed by atoms with Crippen LogP contribution in [-0.4, -0.2) is 43.8 Å². The number of nitrogens with zero attached hydrogens (tertiary/aromatic N) is 3. The summed E-state index contributed by atoms with van der Waals surface area (Å²) in [6.07, 6.45) is -3.08. The number of benzene rings is 2. The lowest BCUT2D eigenvalue weighted by atomic mass is 10.0. The summed E-state index contributed by atoms with van der Waals surface area (Å²) in [5.41, 5.74) is 0.760. The Balaban J connectivity index is 1.78. The molecule has 3 aromatic rings. The van der Waals surface area contributed by atoms with Gasteiger partial charge in [0.15, 0.2) is 12.2 Å². The number of alkyl halides is 3. The summed E-state index contributed by atoms with van der Waals surface area (Å²) in [5, 5.41) is 13.4. The van der Waals surface area contributed by atoms with E-state index in [0.29, 0.717) is 11.4 Å². The number of rotatable bonds is 8. The van der Waals surface area contributed by atoms with Gasteiger partial charge in [0.2, 0.25) is 0 Å². The van der Waals surface area contributed by atoms with Crippen LogP contribution in [0.2, 0.25) is 0 Å². The zero-order valence-electron chi connectivity index (χ0n) is 19.0. The molecule has 3 rings (SSSR count). The van der Waals surface area contributed by atoms with Crippen molar-refractivity contribution in [3.05, 3.63) is 69.9 Å². The number of aromatic nitrogens is 3. The van der Waals surface area contributed by atoms with Crippen LogP contribution in [0.25, 0.3) is 5.69 Å². The lowest BCUT2D eigenvalue weighted by molar-refractivity contribution is -0.153. The van der Waals surface area contributed by atoms with Crippen LogP contribution in [0, 0.1) is 13.8 Å². The van der Waals surface area contributed by atoms with E-state index in [0.717, 1.165) is 21.4 Å². The number of hydrogen-bond donors (Lipinski definition) is 1. The van der Waals surface area contributed by atoms with Gasteiger partial charge in [-0.15, -0.1) is 0 Å². The third-order valence-corrected chi connectivity index (χ3v) is 4.96. The fourth-order valence-electron chi connectivity index (χ4n) is 3.26. The van der Waals surface area contributed by atoms with Crippen LogP contribution in [0.5, 0.6) is 11.5 Å². The zero-order valence-corrected chi connectivity index (χ0v) is 19.0. The highest BCUT2D eigenvalue weighted by Gasteiger charge is 2.31. The molecule has 0 unspecified atom stereocenters. The molecule has 0 aliphatic heterocycles. The largest absolute Gasteiger partial charge is 0.484 e. The van der Waals surface area contributed by atoms with Crippen molar-refractivity contribution in [2.45, 2.75) is 46.0 Å².